The van der Waals surface area contributed by atoms with Gasteiger partial charge in [0.15, 0.2) is 0 Å². The van der Waals surface area contributed by atoms with Gasteiger partial charge in [0.25, 0.3) is 5.92 Å². The van der Waals surface area contributed by atoms with E-state index in [1.54, 1.807) is 0 Å². The molecule has 1 saturated heterocycles. The maximum Gasteiger partial charge on any atom is 0.254 e. The molecule has 1 aliphatic carbocycles. The van der Waals surface area contributed by atoms with E-state index in [1.165, 1.54) is 0 Å². The molecule has 4 heteroatoms. The van der Waals surface area contributed by atoms with Gasteiger partial charge in [-0.25, -0.2) is 8.78 Å². The van der Waals surface area contributed by atoms with Gasteiger partial charge in [-0.1, -0.05) is 0 Å². The predicted molar refractivity (Wildman–Crippen MR) is 45.9 cm³/mol. The highest BCUT2D eigenvalue weighted by Gasteiger charge is 2.70. The fraction of sp³-hybridized carbons (Fsp3) is 1.00. The summed E-state index contributed by atoms with van der Waals surface area (Å²) in [5.74, 6) is -2.34. The normalized spacial score (nSPS) is 43.8. The monoisotopic (exact) mass is 197 g/mol. The van der Waals surface area contributed by atoms with Crippen LogP contribution in [0.15, 0.2) is 0 Å². The van der Waals surface area contributed by atoms with Crippen LogP contribution in [0.1, 0.15) is 26.2 Å². The van der Waals surface area contributed by atoms with E-state index in [2.05, 4.69) is 5.32 Å². The summed E-state index contributed by atoms with van der Waals surface area (Å²) in [6.07, 6.45) is 1.44. The van der Waals surface area contributed by atoms with Crippen LogP contribution in [0.3, 0.4) is 0 Å². The third-order valence-corrected chi connectivity index (χ3v) is 3.00. The van der Waals surface area contributed by atoms with Crippen LogP contribution < -0.4 is 5.32 Å². The van der Waals surface area contributed by atoms with Crippen molar-refractivity contribution in [2.75, 3.05) is 6.54 Å². The Balaban J connectivity index is 0.000000720. The molecule has 1 aliphatic heterocycles. The number of hydrogen-bond acceptors (Lipinski definition) is 1. The Hall–Kier alpha value is 0.110. The van der Waals surface area contributed by atoms with Crippen molar-refractivity contribution in [1.29, 1.82) is 0 Å². The van der Waals surface area contributed by atoms with E-state index in [4.69, 9.17) is 0 Å². The standard InChI is InChI=1S/C8H13F2N.ClH/c1-6-4-7(2-3-11-6)5-8(7,9)10;/h6,11H,2-5H2,1H3;1H. The number of rotatable bonds is 0. The number of halogens is 3. The van der Waals surface area contributed by atoms with Gasteiger partial charge in [-0.05, 0) is 26.3 Å². The van der Waals surface area contributed by atoms with Crippen LogP contribution in [0.5, 0.6) is 0 Å². The SMILES string of the molecule is CC1CC2(CCN1)CC2(F)F.Cl. The van der Waals surface area contributed by atoms with E-state index in [0.29, 0.717) is 12.8 Å². The van der Waals surface area contributed by atoms with Crippen LogP contribution in [-0.2, 0) is 0 Å². The molecule has 2 unspecified atom stereocenters. The first-order valence-corrected chi connectivity index (χ1v) is 4.17. The average molecular weight is 198 g/mol. The summed E-state index contributed by atoms with van der Waals surface area (Å²) in [5.41, 5.74) is -0.600. The van der Waals surface area contributed by atoms with Crippen molar-refractivity contribution < 1.29 is 8.78 Å². The maximum absolute atomic E-state index is 12.8. The van der Waals surface area contributed by atoms with Crippen LogP contribution in [0.4, 0.5) is 8.78 Å². The second-order valence-electron chi connectivity index (χ2n) is 3.97. The van der Waals surface area contributed by atoms with Gasteiger partial charge >= 0.3 is 0 Å². The van der Waals surface area contributed by atoms with Gasteiger partial charge in [-0.15, -0.1) is 12.4 Å². The van der Waals surface area contributed by atoms with Crippen LogP contribution in [0.2, 0.25) is 0 Å². The molecule has 1 spiro atoms. The minimum atomic E-state index is -2.34. The van der Waals surface area contributed by atoms with E-state index in [1.807, 2.05) is 6.92 Å². The second kappa shape index (κ2) is 2.81. The van der Waals surface area contributed by atoms with E-state index >= 15 is 0 Å². The molecule has 2 rings (SSSR count). The molecular formula is C8H14ClF2N. The minimum Gasteiger partial charge on any atom is -0.314 e. The first kappa shape index (κ1) is 10.2. The fourth-order valence-corrected chi connectivity index (χ4v) is 2.19. The molecule has 2 aliphatic rings. The topological polar surface area (TPSA) is 12.0 Å². The molecule has 72 valence electrons. The predicted octanol–water partition coefficient (Wildman–Crippen LogP) is 2.21. The first-order chi connectivity index (χ1) is 5.06. The summed E-state index contributed by atoms with van der Waals surface area (Å²) in [5, 5.41) is 3.18. The van der Waals surface area contributed by atoms with Gasteiger partial charge in [0.2, 0.25) is 0 Å². The Bertz CT molecular complexity index is 186. The number of alkyl halides is 2. The van der Waals surface area contributed by atoms with Crippen molar-refractivity contribution in [1.82, 2.24) is 5.32 Å². The fourth-order valence-electron chi connectivity index (χ4n) is 2.19. The lowest BCUT2D eigenvalue weighted by Crippen LogP contribution is -2.38. The quantitative estimate of drug-likeness (QED) is 0.628. The van der Waals surface area contributed by atoms with E-state index in [9.17, 15) is 8.78 Å². The molecule has 12 heavy (non-hydrogen) atoms. The molecule has 1 heterocycles. The van der Waals surface area contributed by atoms with E-state index in [-0.39, 0.29) is 24.9 Å². The van der Waals surface area contributed by atoms with Gasteiger partial charge in [0.1, 0.15) is 0 Å². The Morgan fingerprint density at radius 1 is 1.42 bits per heavy atom. The van der Waals surface area contributed by atoms with E-state index in [0.717, 1.165) is 6.54 Å². The van der Waals surface area contributed by atoms with Gasteiger partial charge in [0.05, 0.1) is 0 Å². The van der Waals surface area contributed by atoms with Gasteiger partial charge in [0, 0.05) is 17.9 Å². The van der Waals surface area contributed by atoms with Crippen LogP contribution in [0, 0.1) is 5.41 Å². The Morgan fingerprint density at radius 3 is 2.33 bits per heavy atom. The molecule has 0 aromatic carbocycles. The molecule has 2 atom stereocenters. The summed E-state index contributed by atoms with van der Waals surface area (Å²) < 4.78 is 25.6. The first-order valence-electron chi connectivity index (χ1n) is 4.17. The van der Waals surface area contributed by atoms with Crippen molar-refractivity contribution in [3.63, 3.8) is 0 Å². The van der Waals surface area contributed by atoms with E-state index < -0.39 is 11.3 Å². The molecule has 1 N–H and O–H groups in total. The number of nitrogens with one attached hydrogen (secondary N) is 1. The molecule has 1 saturated carbocycles. The Kier molecular flexibility index (Phi) is 2.39. The zero-order chi connectivity index (χ0) is 8.11. The smallest absolute Gasteiger partial charge is 0.254 e. The maximum atomic E-state index is 12.8. The molecule has 0 radical (unpaired) electrons. The highest BCUT2D eigenvalue weighted by atomic mass is 35.5. The van der Waals surface area contributed by atoms with Gasteiger partial charge < -0.3 is 5.32 Å². The molecule has 0 aromatic heterocycles. The molecule has 0 bridgehead atoms. The lowest BCUT2D eigenvalue weighted by Gasteiger charge is -2.27. The van der Waals surface area contributed by atoms with Crippen molar-refractivity contribution in [2.45, 2.75) is 38.2 Å². The Labute approximate surface area is 77.3 Å². The summed E-state index contributed by atoms with van der Waals surface area (Å²) >= 11 is 0. The zero-order valence-corrected chi connectivity index (χ0v) is 7.89. The molecule has 1 nitrogen and oxygen atoms in total. The summed E-state index contributed by atoms with van der Waals surface area (Å²) in [6.45, 7) is 2.74. The Morgan fingerprint density at radius 2 is 2.00 bits per heavy atom. The zero-order valence-electron chi connectivity index (χ0n) is 7.07. The minimum absolute atomic E-state index is 0. The molecular weight excluding hydrogens is 184 g/mol. The van der Waals surface area contributed by atoms with Gasteiger partial charge in [-0.3, -0.25) is 0 Å². The van der Waals surface area contributed by atoms with Crippen LogP contribution >= 0.6 is 12.4 Å². The lowest BCUT2D eigenvalue weighted by molar-refractivity contribution is 0.0448. The highest BCUT2D eigenvalue weighted by molar-refractivity contribution is 5.85. The molecule has 0 amide bonds. The van der Waals surface area contributed by atoms with Crippen LogP contribution in [-0.4, -0.2) is 18.5 Å². The van der Waals surface area contributed by atoms with Crippen molar-refractivity contribution >= 4 is 12.4 Å². The van der Waals surface area contributed by atoms with Crippen LogP contribution in [0.25, 0.3) is 0 Å². The lowest BCUT2D eigenvalue weighted by atomic mass is 9.89. The third kappa shape index (κ3) is 1.33. The molecule has 2 fully saturated rings. The summed E-state index contributed by atoms with van der Waals surface area (Å²) in [4.78, 5) is 0. The van der Waals surface area contributed by atoms with Gasteiger partial charge in [-0.2, -0.15) is 0 Å². The summed E-state index contributed by atoms with van der Waals surface area (Å²) in [6, 6.07) is 0.275. The number of piperidine rings is 1. The highest BCUT2D eigenvalue weighted by Crippen LogP contribution is 2.65. The van der Waals surface area contributed by atoms with Crippen molar-refractivity contribution in [2.24, 2.45) is 5.41 Å². The number of hydrogen-bond donors (Lipinski definition) is 1. The third-order valence-electron chi connectivity index (χ3n) is 3.00. The largest absolute Gasteiger partial charge is 0.314 e. The second-order valence-corrected chi connectivity index (χ2v) is 3.97. The van der Waals surface area contributed by atoms with Crippen molar-refractivity contribution in [3.05, 3.63) is 0 Å². The average Bonchev–Trinajstić information content (AvgIpc) is 2.32. The van der Waals surface area contributed by atoms with Crippen molar-refractivity contribution in [3.8, 4) is 0 Å². The molecule has 0 aromatic rings. The summed E-state index contributed by atoms with van der Waals surface area (Å²) in [7, 11) is 0.